The fourth-order valence-corrected chi connectivity index (χ4v) is 1.04. The lowest BCUT2D eigenvalue weighted by Crippen LogP contribution is -2.40. The quantitative estimate of drug-likeness (QED) is 0.431. The first-order valence-electron chi connectivity index (χ1n) is 5.10. The molecule has 92 valence electrons. The van der Waals surface area contributed by atoms with Gasteiger partial charge in [-0.05, 0) is 0 Å². The first-order chi connectivity index (χ1) is 7.74. The summed E-state index contributed by atoms with van der Waals surface area (Å²) in [4.78, 5) is 0. The van der Waals surface area contributed by atoms with Crippen molar-refractivity contribution in [2.45, 2.75) is 12.4 Å². The maximum absolute atomic E-state index is 8.98. The fourth-order valence-electron chi connectivity index (χ4n) is 1.04. The Morgan fingerprint density at radius 2 is 1.25 bits per heavy atom. The van der Waals surface area contributed by atoms with Crippen LogP contribution < -0.4 is 0 Å². The normalized spacial score (nSPS) is 11.1. The van der Waals surface area contributed by atoms with Gasteiger partial charge in [-0.1, -0.05) is 18.2 Å². The van der Waals surface area contributed by atoms with Crippen LogP contribution >= 0.6 is 0 Å². The number of aliphatic hydroxyl groups is 1. The molecule has 0 aliphatic rings. The molecule has 0 amide bonds. The second-order valence-corrected chi connectivity index (χ2v) is 2.96. The van der Waals surface area contributed by atoms with Crippen molar-refractivity contribution in [2.24, 2.45) is 0 Å². The highest BCUT2D eigenvalue weighted by molar-refractivity contribution is 4.73. The van der Waals surface area contributed by atoms with Crippen molar-refractivity contribution in [3.8, 4) is 0 Å². The lowest BCUT2D eigenvalue weighted by molar-refractivity contribution is -0.375. The molecule has 0 aromatic rings. The van der Waals surface area contributed by atoms with Crippen molar-refractivity contribution < 1.29 is 19.3 Å². The van der Waals surface area contributed by atoms with Gasteiger partial charge in [-0.3, -0.25) is 0 Å². The summed E-state index contributed by atoms with van der Waals surface area (Å²) < 4.78 is 16.2. The highest BCUT2D eigenvalue weighted by atomic mass is 16.9. The zero-order chi connectivity index (χ0) is 12.3. The Bertz CT molecular complexity index is 182. The molecular formula is C12H20O4. The topological polar surface area (TPSA) is 47.9 Å². The van der Waals surface area contributed by atoms with Crippen molar-refractivity contribution in [1.82, 2.24) is 0 Å². The summed E-state index contributed by atoms with van der Waals surface area (Å²) in [5.74, 6) is -1.26. The van der Waals surface area contributed by atoms with Crippen molar-refractivity contribution in [3.05, 3.63) is 38.0 Å². The zero-order valence-electron chi connectivity index (χ0n) is 9.56. The highest BCUT2D eigenvalue weighted by Gasteiger charge is 2.32. The summed E-state index contributed by atoms with van der Waals surface area (Å²) >= 11 is 0. The molecule has 0 aliphatic carbocycles. The average molecular weight is 228 g/mol. The van der Waals surface area contributed by atoms with Crippen LogP contribution in [0.5, 0.6) is 0 Å². The summed E-state index contributed by atoms with van der Waals surface area (Å²) in [6, 6.07) is 0. The van der Waals surface area contributed by atoms with Gasteiger partial charge in [-0.2, -0.15) is 0 Å². The second-order valence-electron chi connectivity index (χ2n) is 2.96. The lowest BCUT2D eigenvalue weighted by atomic mass is 10.3. The number of ether oxygens (including phenoxy) is 3. The van der Waals surface area contributed by atoms with Crippen LogP contribution in [0.25, 0.3) is 0 Å². The third-order valence-corrected chi connectivity index (χ3v) is 1.68. The van der Waals surface area contributed by atoms with Gasteiger partial charge in [0.05, 0.1) is 32.8 Å². The molecule has 0 radical (unpaired) electrons. The van der Waals surface area contributed by atoms with E-state index < -0.39 is 5.97 Å². The molecular weight excluding hydrogens is 208 g/mol. The first-order valence-corrected chi connectivity index (χ1v) is 5.10. The molecule has 4 heteroatoms. The standard InChI is InChI=1S/C12H20O4/c1-4-9-14-12(7-8-13,15-10-5-2)16-11-6-3/h4-6,13H,1-3,7-11H2. The minimum Gasteiger partial charge on any atom is -0.396 e. The van der Waals surface area contributed by atoms with Crippen LogP contribution in [-0.2, 0) is 14.2 Å². The van der Waals surface area contributed by atoms with Crippen LogP contribution in [-0.4, -0.2) is 37.5 Å². The Hall–Kier alpha value is -0.940. The van der Waals surface area contributed by atoms with E-state index in [1.165, 1.54) is 0 Å². The SMILES string of the molecule is C=CCOC(CCO)(OCC=C)OCC=C. The zero-order valence-corrected chi connectivity index (χ0v) is 9.56. The van der Waals surface area contributed by atoms with Gasteiger partial charge in [0, 0.05) is 0 Å². The van der Waals surface area contributed by atoms with Gasteiger partial charge < -0.3 is 19.3 Å². The van der Waals surface area contributed by atoms with Gasteiger partial charge in [0.1, 0.15) is 0 Å². The van der Waals surface area contributed by atoms with Crippen LogP contribution in [0.3, 0.4) is 0 Å². The van der Waals surface area contributed by atoms with Crippen LogP contribution in [0, 0.1) is 0 Å². The third kappa shape index (κ3) is 5.82. The predicted octanol–water partition coefficient (Wildman–Crippen LogP) is 1.63. The van der Waals surface area contributed by atoms with E-state index in [-0.39, 0.29) is 32.8 Å². The molecule has 0 aromatic heterocycles. The van der Waals surface area contributed by atoms with E-state index in [0.29, 0.717) is 0 Å². The molecule has 0 rings (SSSR count). The smallest absolute Gasteiger partial charge is 0.286 e. The molecule has 0 atom stereocenters. The van der Waals surface area contributed by atoms with Crippen molar-refractivity contribution in [2.75, 3.05) is 26.4 Å². The van der Waals surface area contributed by atoms with Crippen molar-refractivity contribution in [1.29, 1.82) is 0 Å². The molecule has 0 saturated heterocycles. The van der Waals surface area contributed by atoms with Crippen LogP contribution in [0.2, 0.25) is 0 Å². The monoisotopic (exact) mass is 228 g/mol. The molecule has 0 fully saturated rings. The first kappa shape index (κ1) is 15.1. The molecule has 16 heavy (non-hydrogen) atoms. The lowest BCUT2D eigenvalue weighted by Gasteiger charge is -2.31. The third-order valence-electron chi connectivity index (χ3n) is 1.68. The number of hydrogen-bond donors (Lipinski definition) is 1. The van der Waals surface area contributed by atoms with Crippen LogP contribution in [0.4, 0.5) is 0 Å². The van der Waals surface area contributed by atoms with Crippen molar-refractivity contribution in [3.63, 3.8) is 0 Å². The van der Waals surface area contributed by atoms with Gasteiger partial charge in [0.2, 0.25) is 0 Å². The fraction of sp³-hybridized carbons (Fsp3) is 0.500. The van der Waals surface area contributed by atoms with Crippen molar-refractivity contribution >= 4 is 0 Å². The Morgan fingerprint density at radius 3 is 1.50 bits per heavy atom. The molecule has 0 aromatic carbocycles. The number of aliphatic hydroxyl groups excluding tert-OH is 1. The summed E-state index contributed by atoms with van der Waals surface area (Å²) in [7, 11) is 0. The second kappa shape index (κ2) is 9.30. The molecule has 1 N–H and O–H groups in total. The largest absolute Gasteiger partial charge is 0.396 e. The van der Waals surface area contributed by atoms with Crippen LogP contribution in [0.15, 0.2) is 38.0 Å². The van der Waals surface area contributed by atoms with Gasteiger partial charge in [0.15, 0.2) is 0 Å². The number of rotatable bonds is 11. The van der Waals surface area contributed by atoms with E-state index in [9.17, 15) is 0 Å². The van der Waals surface area contributed by atoms with E-state index >= 15 is 0 Å². The molecule has 0 aliphatic heterocycles. The van der Waals surface area contributed by atoms with E-state index in [1.807, 2.05) is 0 Å². The minimum atomic E-state index is -1.26. The Balaban J connectivity index is 4.48. The molecule has 0 saturated carbocycles. The maximum atomic E-state index is 8.98. The summed E-state index contributed by atoms with van der Waals surface area (Å²) in [5, 5.41) is 8.98. The molecule has 4 nitrogen and oxygen atoms in total. The highest BCUT2D eigenvalue weighted by Crippen LogP contribution is 2.20. The molecule has 0 unspecified atom stereocenters. The summed E-state index contributed by atoms with van der Waals surface area (Å²) in [6.45, 7) is 11.3. The average Bonchev–Trinajstić information content (AvgIpc) is 2.31. The maximum Gasteiger partial charge on any atom is 0.286 e. The van der Waals surface area contributed by atoms with E-state index in [2.05, 4.69) is 19.7 Å². The van der Waals surface area contributed by atoms with Gasteiger partial charge in [0.25, 0.3) is 5.97 Å². The molecule has 0 spiro atoms. The summed E-state index contributed by atoms with van der Waals surface area (Å²) in [6.07, 6.45) is 4.96. The summed E-state index contributed by atoms with van der Waals surface area (Å²) in [5.41, 5.74) is 0. The Kier molecular flexibility index (Phi) is 8.75. The molecule has 0 heterocycles. The molecule has 0 bridgehead atoms. The van der Waals surface area contributed by atoms with E-state index in [1.54, 1.807) is 18.2 Å². The van der Waals surface area contributed by atoms with E-state index in [4.69, 9.17) is 19.3 Å². The Labute approximate surface area is 96.8 Å². The minimum absolute atomic E-state index is 0.106. The van der Waals surface area contributed by atoms with Gasteiger partial charge >= 0.3 is 0 Å². The Morgan fingerprint density at radius 1 is 0.875 bits per heavy atom. The predicted molar refractivity (Wildman–Crippen MR) is 62.9 cm³/mol. The van der Waals surface area contributed by atoms with Crippen LogP contribution in [0.1, 0.15) is 6.42 Å². The van der Waals surface area contributed by atoms with E-state index in [0.717, 1.165) is 0 Å². The van der Waals surface area contributed by atoms with Gasteiger partial charge in [-0.15, -0.1) is 19.7 Å². The number of hydrogen-bond acceptors (Lipinski definition) is 4. The van der Waals surface area contributed by atoms with Gasteiger partial charge in [-0.25, -0.2) is 0 Å².